The molecule has 0 atom stereocenters. The number of nitrogens with one attached hydrogen (secondary N) is 1. The first kappa shape index (κ1) is 16.4. The fraction of sp³-hybridized carbons (Fsp3) is 0. The first-order valence-electron chi connectivity index (χ1n) is 7.18. The van der Waals surface area contributed by atoms with Crippen LogP contribution in [0.1, 0.15) is 15.9 Å². The topological polar surface area (TPSA) is 99.8 Å². The number of hydrogen-bond donors (Lipinski definition) is 1. The SMILES string of the molecule is N#C/C(=C/c1ccccc1[N+](=O)[O-])C(=O)c1c[nH]c2cc(Cl)ccc12. The third-order valence-corrected chi connectivity index (χ3v) is 3.92. The van der Waals surface area contributed by atoms with Crippen LogP contribution in [0.15, 0.2) is 54.2 Å². The summed E-state index contributed by atoms with van der Waals surface area (Å²) in [5, 5.41) is 21.6. The maximum absolute atomic E-state index is 12.7. The molecular weight excluding hydrogens is 342 g/mol. The molecule has 122 valence electrons. The third-order valence-electron chi connectivity index (χ3n) is 3.69. The zero-order valence-corrected chi connectivity index (χ0v) is 13.4. The second-order valence-electron chi connectivity index (χ2n) is 5.21. The number of hydrogen-bond acceptors (Lipinski definition) is 4. The highest BCUT2D eigenvalue weighted by Gasteiger charge is 2.19. The summed E-state index contributed by atoms with van der Waals surface area (Å²) in [5.41, 5.74) is 0.802. The van der Waals surface area contributed by atoms with Gasteiger partial charge in [-0.05, 0) is 24.3 Å². The average molecular weight is 352 g/mol. The molecule has 3 aromatic rings. The van der Waals surface area contributed by atoms with Crippen molar-refractivity contribution < 1.29 is 9.72 Å². The van der Waals surface area contributed by atoms with Crippen LogP contribution >= 0.6 is 11.6 Å². The number of nitro benzene ring substituents is 1. The summed E-state index contributed by atoms with van der Waals surface area (Å²) in [6, 6.07) is 12.8. The van der Waals surface area contributed by atoms with Gasteiger partial charge in [-0.1, -0.05) is 29.8 Å². The third kappa shape index (κ3) is 3.13. The number of carbonyl (C=O) groups excluding carboxylic acids is 1. The molecule has 6 nitrogen and oxygen atoms in total. The molecule has 0 unspecified atom stereocenters. The van der Waals surface area contributed by atoms with Crippen molar-refractivity contribution in [1.82, 2.24) is 4.98 Å². The zero-order chi connectivity index (χ0) is 18.0. The van der Waals surface area contributed by atoms with Crippen molar-refractivity contribution in [2.24, 2.45) is 0 Å². The molecule has 1 aromatic heterocycles. The molecule has 3 rings (SSSR count). The number of Topliss-reactive ketones (excluding diaryl/α,β-unsaturated/α-hetero) is 1. The molecule has 0 amide bonds. The smallest absolute Gasteiger partial charge is 0.276 e. The summed E-state index contributed by atoms with van der Waals surface area (Å²) >= 11 is 5.92. The monoisotopic (exact) mass is 351 g/mol. The first-order chi connectivity index (χ1) is 12.0. The van der Waals surface area contributed by atoms with Gasteiger partial charge in [0, 0.05) is 33.8 Å². The van der Waals surface area contributed by atoms with Crippen molar-refractivity contribution in [2.75, 3.05) is 0 Å². The van der Waals surface area contributed by atoms with E-state index < -0.39 is 10.7 Å². The second kappa shape index (κ2) is 6.59. The minimum Gasteiger partial charge on any atom is -0.360 e. The van der Waals surface area contributed by atoms with Crippen molar-refractivity contribution in [3.63, 3.8) is 0 Å². The van der Waals surface area contributed by atoms with Crippen LogP contribution in [0.5, 0.6) is 0 Å². The van der Waals surface area contributed by atoms with Gasteiger partial charge in [-0.2, -0.15) is 5.26 Å². The van der Waals surface area contributed by atoms with Crippen LogP contribution in [0.25, 0.3) is 17.0 Å². The Morgan fingerprint density at radius 2 is 2.04 bits per heavy atom. The molecule has 25 heavy (non-hydrogen) atoms. The van der Waals surface area contributed by atoms with Crippen molar-refractivity contribution in [1.29, 1.82) is 5.26 Å². The first-order valence-corrected chi connectivity index (χ1v) is 7.55. The van der Waals surface area contributed by atoms with Crippen molar-refractivity contribution in [2.45, 2.75) is 0 Å². The molecule has 2 aromatic carbocycles. The highest BCUT2D eigenvalue weighted by Crippen LogP contribution is 2.26. The second-order valence-corrected chi connectivity index (χ2v) is 5.64. The molecular formula is C18H10ClN3O3. The lowest BCUT2D eigenvalue weighted by Crippen LogP contribution is -2.01. The van der Waals surface area contributed by atoms with Gasteiger partial charge >= 0.3 is 0 Å². The Labute approximate surface area is 147 Å². The Morgan fingerprint density at radius 1 is 1.28 bits per heavy atom. The molecule has 0 aliphatic carbocycles. The molecule has 0 aliphatic rings. The Hall–Kier alpha value is -3.43. The number of aromatic nitrogens is 1. The van der Waals surface area contributed by atoms with E-state index in [0.29, 0.717) is 21.5 Å². The number of ketones is 1. The van der Waals surface area contributed by atoms with E-state index in [1.165, 1.54) is 30.5 Å². The van der Waals surface area contributed by atoms with Crippen molar-refractivity contribution in [3.05, 3.63) is 80.5 Å². The Kier molecular flexibility index (Phi) is 4.33. The fourth-order valence-electron chi connectivity index (χ4n) is 2.51. The number of nitro groups is 1. The fourth-order valence-corrected chi connectivity index (χ4v) is 2.68. The molecule has 0 spiro atoms. The van der Waals surface area contributed by atoms with Crippen LogP contribution in [-0.4, -0.2) is 15.7 Å². The lowest BCUT2D eigenvalue weighted by atomic mass is 10.0. The van der Waals surface area contributed by atoms with Crippen molar-refractivity contribution >= 4 is 40.1 Å². The van der Waals surface area contributed by atoms with Gasteiger partial charge in [0.05, 0.1) is 10.5 Å². The van der Waals surface area contributed by atoms with Crippen LogP contribution < -0.4 is 0 Å². The number of para-hydroxylation sites is 1. The summed E-state index contributed by atoms with van der Waals surface area (Å²) in [4.78, 5) is 26.2. The number of H-pyrrole nitrogens is 1. The van der Waals surface area contributed by atoms with E-state index in [0.717, 1.165) is 0 Å². The Morgan fingerprint density at radius 3 is 2.76 bits per heavy atom. The van der Waals surface area contributed by atoms with E-state index in [2.05, 4.69) is 4.98 Å². The predicted molar refractivity (Wildman–Crippen MR) is 94.3 cm³/mol. The van der Waals surface area contributed by atoms with Gasteiger partial charge in [-0.15, -0.1) is 0 Å². The van der Waals surface area contributed by atoms with Crippen LogP contribution in [-0.2, 0) is 0 Å². The molecule has 0 aliphatic heterocycles. The Bertz CT molecular complexity index is 1080. The summed E-state index contributed by atoms with van der Waals surface area (Å²) in [6.07, 6.45) is 2.73. The molecule has 0 saturated carbocycles. The molecule has 1 N–H and O–H groups in total. The number of carbonyl (C=O) groups is 1. The van der Waals surface area contributed by atoms with E-state index in [1.54, 1.807) is 24.3 Å². The number of benzene rings is 2. The summed E-state index contributed by atoms with van der Waals surface area (Å²) in [7, 11) is 0. The molecule has 1 heterocycles. The lowest BCUT2D eigenvalue weighted by Gasteiger charge is -2.00. The van der Waals surface area contributed by atoms with Gasteiger partial charge in [0.2, 0.25) is 5.78 Å². The average Bonchev–Trinajstić information content (AvgIpc) is 3.02. The normalized spacial score (nSPS) is 11.3. The van der Waals surface area contributed by atoms with Gasteiger partial charge in [-0.25, -0.2) is 0 Å². The van der Waals surface area contributed by atoms with Crippen molar-refractivity contribution in [3.8, 4) is 6.07 Å². The molecule has 0 bridgehead atoms. The number of allylic oxidation sites excluding steroid dienone is 1. The van der Waals surface area contributed by atoms with Crippen LogP contribution in [0.3, 0.4) is 0 Å². The van der Waals surface area contributed by atoms with E-state index in [1.807, 2.05) is 6.07 Å². The van der Waals surface area contributed by atoms with Gasteiger partial charge in [0.25, 0.3) is 5.69 Å². The van der Waals surface area contributed by atoms with Gasteiger partial charge in [-0.3, -0.25) is 14.9 Å². The van der Waals surface area contributed by atoms with E-state index >= 15 is 0 Å². The molecule has 0 saturated heterocycles. The quantitative estimate of drug-likeness (QED) is 0.245. The largest absolute Gasteiger partial charge is 0.360 e. The van der Waals surface area contributed by atoms with E-state index in [9.17, 15) is 20.2 Å². The number of fused-ring (bicyclic) bond motifs is 1. The number of nitriles is 1. The Balaban J connectivity index is 2.08. The van der Waals surface area contributed by atoms with E-state index in [-0.39, 0.29) is 16.8 Å². The summed E-state index contributed by atoms with van der Waals surface area (Å²) < 4.78 is 0. The van der Waals surface area contributed by atoms with Gasteiger partial charge in [0.15, 0.2) is 0 Å². The maximum atomic E-state index is 12.7. The maximum Gasteiger partial charge on any atom is 0.276 e. The molecule has 7 heteroatoms. The van der Waals surface area contributed by atoms with Gasteiger partial charge < -0.3 is 4.98 Å². The highest BCUT2D eigenvalue weighted by atomic mass is 35.5. The van der Waals surface area contributed by atoms with Crippen LogP contribution in [0, 0.1) is 21.4 Å². The highest BCUT2D eigenvalue weighted by molar-refractivity contribution is 6.31. The van der Waals surface area contributed by atoms with Crippen LogP contribution in [0.4, 0.5) is 5.69 Å². The standard InChI is InChI=1S/C18H10ClN3O3/c19-13-5-6-14-15(10-21-16(14)8-13)18(23)12(9-20)7-11-3-1-2-4-17(11)22(24)25/h1-8,10,21H/b12-7-. The zero-order valence-electron chi connectivity index (χ0n) is 12.7. The minimum absolute atomic E-state index is 0.172. The van der Waals surface area contributed by atoms with Gasteiger partial charge in [0.1, 0.15) is 11.6 Å². The lowest BCUT2D eigenvalue weighted by molar-refractivity contribution is -0.385. The summed E-state index contributed by atoms with van der Waals surface area (Å²) in [6.45, 7) is 0. The molecule has 0 radical (unpaired) electrons. The van der Waals surface area contributed by atoms with E-state index in [4.69, 9.17) is 11.6 Å². The number of rotatable bonds is 4. The number of halogens is 1. The minimum atomic E-state index is -0.557. The molecule has 0 fully saturated rings. The number of nitrogens with zero attached hydrogens (tertiary/aromatic N) is 2. The van der Waals surface area contributed by atoms with Crippen LogP contribution in [0.2, 0.25) is 5.02 Å². The summed E-state index contributed by atoms with van der Waals surface area (Å²) in [5.74, 6) is -0.519. The number of aromatic amines is 1. The predicted octanol–water partition coefficient (Wildman–Crippen LogP) is 4.52.